The zero-order valence-corrected chi connectivity index (χ0v) is 10.8. The van der Waals surface area contributed by atoms with E-state index in [4.69, 9.17) is 9.47 Å². The van der Waals surface area contributed by atoms with Crippen LogP contribution in [-0.4, -0.2) is 25.8 Å². The summed E-state index contributed by atoms with van der Waals surface area (Å²) in [6.45, 7) is 5.98. The fraction of sp³-hybridized carbons (Fsp3) is 0.923. The first-order chi connectivity index (χ1) is 7.81. The van der Waals surface area contributed by atoms with E-state index in [0.29, 0.717) is 19.6 Å². The maximum Gasteiger partial charge on any atom is 0.308 e. The summed E-state index contributed by atoms with van der Waals surface area (Å²) in [5, 5.41) is 0. The van der Waals surface area contributed by atoms with Crippen LogP contribution in [0.15, 0.2) is 0 Å². The van der Waals surface area contributed by atoms with E-state index < -0.39 is 0 Å². The van der Waals surface area contributed by atoms with E-state index in [1.54, 1.807) is 0 Å². The highest BCUT2D eigenvalue weighted by Gasteiger charge is 2.01. The Kier molecular flexibility index (Phi) is 12.1. The lowest BCUT2D eigenvalue weighted by Crippen LogP contribution is -2.09. The van der Waals surface area contributed by atoms with Gasteiger partial charge in [0.2, 0.25) is 0 Å². The molecule has 0 fully saturated rings. The SMILES string of the molecule is CCCCCCCOCCC(=O)OCCC. The van der Waals surface area contributed by atoms with Crippen molar-refractivity contribution in [1.29, 1.82) is 0 Å². The minimum absolute atomic E-state index is 0.146. The Morgan fingerprint density at radius 1 is 0.875 bits per heavy atom. The van der Waals surface area contributed by atoms with E-state index in [0.717, 1.165) is 19.4 Å². The first-order valence-corrected chi connectivity index (χ1v) is 6.54. The topological polar surface area (TPSA) is 35.5 Å². The maximum absolute atomic E-state index is 11.1. The molecule has 0 amide bonds. The molecule has 0 unspecified atom stereocenters. The predicted octanol–water partition coefficient (Wildman–Crippen LogP) is 3.32. The molecule has 3 heteroatoms. The van der Waals surface area contributed by atoms with Crippen LogP contribution in [0, 0.1) is 0 Å². The second-order valence-electron chi connectivity index (χ2n) is 4.00. The van der Waals surface area contributed by atoms with Gasteiger partial charge in [-0.2, -0.15) is 0 Å². The van der Waals surface area contributed by atoms with Crippen molar-refractivity contribution in [3.8, 4) is 0 Å². The highest BCUT2D eigenvalue weighted by molar-refractivity contribution is 5.69. The molecule has 0 saturated carbocycles. The normalized spacial score (nSPS) is 10.4. The third-order valence-electron chi connectivity index (χ3n) is 2.31. The molecule has 0 saturated heterocycles. The summed E-state index contributed by atoms with van der Waals surface area (Å²) in [5.74, 6) is -0.146. The van der Waals surface area contributed by atoms with Gasteiger partial charge in [0.1, 0.15) is 0 Å². The fourth-order valence-corrected chi connectivity index (χ4v) is 1.35. The van der Waals surface area contributed by atoms with Gasteiger partial charge in [-0.15, -0.1) is 0 Å². The molecule has 0 rings (SSSR count). The van der Waals surface area contributed by atoms with E-state index in [1.165, 1.54) is 25.7 Å². The molecule has 16 heavy (non-hydrogen) atoms. The van der Waals surface area contributed by atoms with E-state index in [-0.39, 0.29) is 5.97 Å². The van der Waals surface area contributed by atoms with Crippen LogP contribution < -0.4 is 0 Å². The van der Waals surface area contributed by atoms with Crippen molar-refractivity contribution in [1.82, 2.24) is 0 Å². The summed E-state index contributed by atoms with van der Waals surface area (Å²) in [5.41, 5.74) is 0. The molecule has 0 atom stereocenters. The lowest BCUT2D eigenvalue weighted by Gasteiger charge is -2.04. The summed E-state index contributed by atoms with van der Waals surface area (Å²) in [7, 11) is 0. The number of unbranched alkanes of at least 4 members (excludes halogenated alkanes) is 4. The third-order valence-corrected chi connectivity index (χ3v) is 2.31. The number of ether oxygens (including phenoxy) is 2. The van der Waals surface area contributed by atoms with Crippen molar-refractivity contribution >= 4 is 5.97 Å². The molecule has 0 spiro atoms. The maximum atomic E-state index is 11.1. The number of carbonyl (C=O) groups excluding carboxylic acids is 1. The van der Waals surface area contributed by atoms with Gasteiger partial charge in [-0.05, 0) is 12.8 Å². The third kappa shape index (κ3) is 11.5. The highest BCUT2D eigenvalue weighted by Crippen LogP contribution is 2.02. The lowest BCUT2D eigenvalue weighted by atomic mass is 10.2. The first-order valence-electron chi connectivity index (χ1n) is 6.54. The van der Waals surface area contributed by atoms with Crippen LogP contribution in [0.5, 0.6) is 0 Å². The Labute approximate surface area is 99.5 Å². The van der Waals surface area contributed by atoms with Gasteiger partial charge in [0.15, 0.2) is 0 Å². The predicted molar refractivity (Wildman–Crippen MR) is 65.4 cm³/mol. The number of esters is 1. The lowest BCUT2D eigenvalue weighted by molar-refractivity contribution is -0.144. The molecule has 0 aromatic carbocycles. The number of carbonyl (C=O) groups is 1. The molecular formula is C13H26O3. The van der Waals surface area contributed by atoms with Crippen molar-refractivity contribution in [3.05, 3.63) is 0 Å². The van der Waals surface area contributed by atoms with Gasteiger partial charge in [0.05, 0.1) is 19.6 Å². The highest BCUT2D eigenvalue weighted by atomic mass is 16.5. The number of hydrogen-bond donors (Lipinski definition) is 0. The van der Waals surface area contributed by atoms with Crippen LogP contribution in [0.3, 0.4) is 0 Å². The number of hydrogen-bond acceptors (Lipinski definition) is 3. The second-order valence-corrected chi connectivity index (χ2v) is 4.00. The van der Waals surface area contributed by atoms with Crippen LogP contribution in [0.2, 0.25) is 0 Å². The molecule has 0 bridgehead atoms. The Morgan fingerprint density at radius 2 is 1.62 bits per heavy atom. The van der Waals surface area contributed by atoms with Crippen LogP contribution in [0.25, 0.3) is 0 Å². The molecular weight excluding hydrogens is 204 g/mol. The van der Waals surface area contributed by atoms with Gasteiger partial charge in [-0.1, -0.05) is 39.5 Å². The van der Waals surface area contributed by atoms with Crippen LogP contribution >= 0.6 is 0 Å². The summed E-state index contributed by atoms with van der Waals surface area (Å²) in [4.78, 5) is 11.1. The molecule has 0 aromatic rings. The molecule has 96 valence electrons. The van der Waals surface area contributed by atoms with E-state index >= 15 is 0 Å². The molecule has 0 radical (unpaired) electrons. The van der Waals surface area contributed by atoms with Crippen molar-refractivity contribution < 1.29 is 14.3 Å². The molecule has 0 N–H and O–H groups in total. The average Bonchev–Trinajstić information content (AvgIpc) is 2.30. The Bertz CT molecular complexity index is 157. The van der Waals surface area contributed by atoms with E-state index in [2.05, 4.69) is 6.92 Å². The zero-order chi connectivity index (χ0) is 12.1. The Hall–Kier alpha value is -0.570. The van der Waals surface area contributed by atoms with Crippen molar-refractivity contribution in [2.45, 2.75) is 58.8 Å². The monoisotopic (exact) mass is 230 g/mol. The number of rotatable bonds is 11. The fourth-order valence-electron chi connectivity index (χ4n) is 1.35. The van der Waals surface area contributed by atoms with Crippen LogP contribution in [-0.2, 0) is 14.3 Å². The molecule has 0 aliphatic rings. The second kappa shape index (κ2) is 12.5. The summed E-state index contributed by atoms with van der Waals surface area (Å²) >= 11 is 0. The standard InChI is InChI=1S/C13H26O3/c1-3-5-6-7-8-11-15-12-9-13(14)16-10-4-2/h3-12H2,1-2H3. The van der Waals surface area contributed by atoms with Gasteiger partial charge in [0, 0.05) is 6.61 Å². The average molecular weight is 230 g/mol. The van der Waals surface area contributed by atoms with Gasteiger partial charge >= 0.3 is 5.97 Å². The largest absolute Gasteiger partial charge is 0.466 e. The summed E-state index contributed by atoms with van der Waals surface area (Å²) in [6, 6.07) is 0. The van der Waals surface area contributed by atoms with Gasteiger partial charge in [0.25, 0.3) is 0 Å². The smallest absolute Gasteiger partial charge is 0.308 e. The van der Waals surface area contributed by atoms with Gasteiger partial charge in [-0.25, -0.2) is 0 Å². The molecule has 3 nitrogen and oxygen atoms in total. The molecule has 0 heterocycles. The zero-order valence-electron chi connectivity index (χ0n) is 10.8. The van der Waals surface area contributed by atoms with Crippen molar-refractivity contribution in [2.24, 2.45) is 0 Å². The van der Waals surface area contributed by atoms with Crippen molar-refractivity contribution in [2.75, 3.05) is 19.8 Å². The molecule has 0 aromatic heterocycles. The Morgan fingerprint density at radius 3 is 2.31 bits per heavy atom. The minimum Gasteiger partial charge on any atom is -0.466 e. The van der Waals surface area contributed by atoms with Gasteiger partial charge in [-0.3, -0.25) is 4.79 Å². The Balaban J connectivity index is 3.05. The minimum atomic E-state index is -0.146. The van der Waals surface area contributed by atoms with Gasteiger partial charge < -0.3 is 9.47 Å². The molecule has 0 aliphatic carbocycles. The van der Waals surface area contributed by atoms with Crippen LogP contribution in [0.4, 0.5) is 0 Å². The summed E-state index contributed by atoms with van der Waals surface area (Å²) < 4.78 is 10.3. The van der Waals surface area contributed by atoms with E-state index in [1.807, 2.05) is 6.92 Å². The van der Waals surface area contributed by atoms with Crippen molar-refractivity contribution in [3.63, 3.8) is 0 Å². The quantitative estimate of drug-likeness (QED) is 0.403. The van der Waals surface area contributed by atoms with Crippen LogP contribution in [0.1, 0.15) is 58.8 Å². The van der Waals surface area contributed by atoms with E-state index in [9.17, 15) is 4.79 Å². The first kappa shape index (κ1) is 15.4. The summed E-state index contributed by atoms with van der Waals surface area (Å²) in [6.07, 6.45) is 7.46. The molecule has 0 aliphatic heterocycles.